The first-order valence-corrected chi connectivity index (χ1v) is 6.31. The van der Waals surface area contributed by atoms with Gasteiger partial charge in [0.25, 0.3) is 11.8 Å². The van der Waals surface area contributed by atoms with E-state index in [-0.39, 0.29) is 23.3 Å². The summed E-state index contributed by atoms with van der Waals surface area (Å²) in [5.74, 6) is -0.205. The van der Waals surface area contributed by atoms with Gasteiger partial charge in [-0.3, -0.25) is 9.59 Å². The van der Waals surface area contributed by atoms with E-state index < -0.39 is 0 Å². The highest BCUT2D eigenvalue weighted by molar-refractivity contribution is 9.10. The average molecular weight is 327 g/mol. The van der Waals surface area contributed by atoms with Gasteiger partial charge in [0.05, 0.1) is 6.26 Å². The van der Waals surface area contributed by atoms with E-state index in [1.807, 2.05) is 0 Å². The summed E-state index contributed by atoms with van der Waals surface area (Å²) in [7, 11) is 0. The Morgan fingerprint density at radius 2 is 1.74 bits per heavy atom. The van der Waals surface area contributed by atoms with Gasteiger partial charge in [-0.15, -0.1) is 0 Å². The van der Waals surface area contributed by atoms with Gasteiger partial charge in [0.15, 0.2) is 16.2 Å². The third-order valence-corrected chi connectivity index (χ3v) is 2.66. The SMILES string of the molecule is O=C(NCCNC(=O)c1ccc(Br)o1)c1ccco1. The van der Waals surface area contributed by atoms with E-state index in [1.54, 1.807) is 24.3 Å². The Bertz CT molecular complexity index is 562. The summed E-state index contributed by atoms with van der Waals surface area (Å²) in [5, 5.41) is 5.22. The molecule has 2 rings (SSSR count). The standard InChI is InChI=1S/C12H11BrN2O4/c13-10-4-3-9(19-10)12(17)15-6-5-14-11(16)8-2-1-7-18-8/h1-4,7H,5-6H2,(H,14,16)(H,15,17). The van der Waals surface area contributed by atoms with Crippen LogP contribution in [0.3, 0.4) is 0 Å². The van der Waals surface area contributed by atoms with E-state index in [4.69, 9.17) is 8.83 Å². The number of halogens is 1. The molecule has 0 aliphatic heterocycles. The highest BCUT2D eigenvalue weighted by atomic mass is 79.9. The molecule has 0 saturated carbocycles. The molecule has 0 fully saturated rings. The first kappa shape index (κ1) is 13.4. The van der Waals surface area contributed by atoms with Crippen LogP contribution in [-0.2, 0) is 0 Å². The lowest BCUT2D eigenvalue weighted by molar-refractivity contribution is 0.0899. The van der Waals surface area contributed by atoms with Crippen LogP contribution >= 0.6 is 15.9 Å². The van der Waals surface area contributed by atoms with Crippen molar-refractivity contribution in [1.82, 2.24) is 10.6 Å². The maximum atomic E-state index is 11.6. The Morgan fingerprint density at radius 3 is 2.26 bits per heavy atom. The van der Waals surface area contributed by atoms with E-state index in [0.717, 1.165) is 0 Å². The Labute approximate surface area is 117 Å². The minimum atomic E-state index is -0.335. The number of furan rings is 2. The molecule has 0 aliphatic carbocycles. The van der Waals surface area contributed by atoms with Crippen molar-refractivity contribution >= 4 is 27.7 Å². The van der Waals surface area contributed by atoms with Crippen LogP contribution in [-0.4, -0.2) is 24.9 Å². The van der Waals surface area contributed by atoms with E-state index in [2.05, 4.69) is 26.6 Å². The van der Waals surface area contributed by atoms with Crippen LogP contribution in [0.2, 0.25) is 0 Å². The third kappa shape index (κ3) is 3.72. The van der Waals surface area contributed by atoms with Crippen molar-refractivity contribution in [2.45, 2.75) is 0 Å². The first-order chi connectivity index (χ1) is 9.16. The molecule has 7 heteroatoms. The molecule has 0 unspecified atom stereocenters. The lowest BCUT2D eigenvalue weighted by atomic mass is 10.4. The van der Waals surface area contributed by atoms with Crippen molar-refractivity contribution in [2.75, 3.05) is 13.1 Å². The van der Waals surface area contributed by atoms with Gasteiger partial charge in [-0.1, -0.05) is 0 Å². The van der Waals surface area contributed by atoms with Gasteiger partial charge in [0.1, 0.15) is 0 Å². The summed E-state index contributed by atoms with van der Waals surface area (Å²) >= 11 is 3.11. The van der Waals surface area contributed by atoms with Crippen LogP contribution in [0.5, 0.6) is 0 Å². The number of nitrogens with one attached hydrogen (secondary N) is 2. The van der Waals surface area contributed by atoms with E-state index in [9.17, 15) is 9.59 Å². The molecule has 0 bridgehead atoms. The molecule has 2 aromatic rings. The number of carbonyl (C=O) groups excluding carboxylic acids is 2. The van der Waals surface area contributed by atoms with Gasteiger partial charge in [0, 0.05) is 13.1 Å². The fourth-order valence-electron chi connectivity index (χ4n) is 1.37. The van der Waals surface area contributed by atoms with Gasteiger partial charge in [-0.2, -0.15) is 0 Å². The summed E-state index contributed by atoms with van der Waals surface area (Å²) in [5.41, 5.74) is 0. The largest absolute Gasteiger partial charge is 0.459 e. The van der Waals surface area contributed by atoms with E-state index >= 15 is 0 Å². The number of rotatable bonds is 5. The van der Waals surface area contributed by atoms with Crippen molar-refractivity contribution in [2.24, 2.45) is 0 Å². The van der Waals surface area contributed by atoms with E-state index in [1.165, 1.54) is 6.26 Å². The molecular weight excluding hydrogens is 316 g/mol. The Balaban J connectivity index is 1.70. The zero-order chi connectivity index (χ0) is 13.7. The predicted octanol–water partition coefficient (Wildman–Crippen LogP) is 1.79. The molecule has 2 amide bonds. The van der Waals surface area contributed by atoms with Crippen molar-refractivity contribution in [3.8, 4) is 0 Å². The normalized spacial score (nSPS) is 10.2. The van der Waals surface area contributed by atoms with Crippen LogP contribution in [0.15, 0.2) is 44.0 Å². The van der Waals surface area contributed by atoms with Crippen molar-refractivity contribution in [1.29, 1.82) is 0 Å². The molecule has 2 N–H and O–H groups in total. The number of carbonyl (C=O) groups is 2. The minimum Gasteiger partial charge on any atom is -0.459 e. The number of hydrogen-bond donors (Lipinski definition) is 2. The first-order valence-electron chi connectivity index (χ1n) is 5.52. The predicted molar refractivity (Wildman–Crippen MR) is 69.8 cm³/mol. The van der Waals surface area contributed by atoms with E-state index in [0.29, 0.717) is 17.8 Å². The van der Waals surface area contributed by atoms with Gasteiger partial charge in [-0.25, -0.2) is 0 Å². The second-order valence-corrected chi connectivity index (χ2v) is 4.37. The molecule has 0 aliphatic rings. The monoisotopic (exact) mass is 326 g/mol. The second kappa shape index (κ2) is 6.24. The summed E-state index contributed by atoms with van der Waals surface area (Å²) < 4.78 is 10.5. The molecule has 0 radical (unpaired) electrons. The lowest BCUT2D eigenvalue weighted by Crippen LogP contribution is -2.34. The molecule has 19 heavy (non-hydrogen) atoms. The number of hydrogen-bond acceptors (Lipinski definition) is 4. The minimum absolute atomic E-state index is 0.212. The fraction of sp³-hybridized carbons (Fsp3) is 0.167. The average Bonchev–Trinajstić information content (AvgIpc) is 3.04. The quantitative estimate of drug-likeness (QED) is 0.820. The van der Waals surface area contributed by atoms with Crippen molar-refractivity contribution in [3.05, 3.63) is 46.7 Å². The summed E-state index contributed by atoms with van der Waals surface area (Å²) in [6.07, 6.45) is 1.42. The van der Waals surface area contributed by atoms with Crippen LogP contribution in [0.4, 0.5) is 0 Å². The molecular formula is C12H11BrN2O4. The Morgan fingerprint density at radius 1 is 1.05 bits per heavy atom. The fourth-order valence-corrected chi connectivity index (χ4v) is 1.68. The smallest absolute Gasteiger partial charge is 0.287 e. The van der Waals surface area contributed by atoms with Crippen LogP contribution < -0.4 is 10.6 Å². The summed E-state index contributed by atoms with van der Waals surface area (Å²) in [6, 6.07) is 6.38. The zero-order valence-electron chi connectivity index (χ0n) is 9.81. The van der Waals surface area contributed by atoms with Crippen molar-refractivity contribution in [3.63, 3.8) is 0 Å². The maximum absolute atomic E-state index is 11.6. The van der Waals surface area contributed by atoms with Gasteiger partial charge in [0.2, 0.25) is 0 Å². The molecule has 6 nitrogen and oxygen atoms in total. The van der Waals surface area contributed by atoms with Crippen LogP contribution in [0.1, 0.15) is 21.1 Å². The topological polar surface area (TPSA) is 84.5 Å². The molecule has 0 atom stereocenters. The van der Waals surface area contributed by atoms with Crippen LogP contribution in [0.25, 0.3) is 0 Å². The maximum Gasteiger partial charge on any atom is 0.287 e. The summed E-state index contributed by atoms with van der Waals surface area (Å²) in [6.45, 7) is 0.594. The van der Waals surface area contributed by atoms with Gasteiger partial charge < -0.3 is 19.5 Å². The van der Waals surface area contributed by atoms with Gasteiger partial charge >= 0.3 is 0 Å². The molecule has 2 aromatic heterocycles. The molecule has 2 heterocycles. The lowest BCUT2D eigenvalue weighted by Gasteiger charge is -2.04. The Kier molecular flexibility index (Phi) is 4.40. The Hall–Kier alpha value is -2.02. The zero-order valence-corrected chi connectivity index (χ0v) is 11.4. The molecule has 100 valence electrons. The van der Waals surface area contributed by atoms with Crippen LogP contribution in [0, 0.1) is 0 Å². The third-order valence-electron chi connectivity index (χ3n) is 2.24. The second-order valence-electron chi connectivity index (χ2n) is 3.59. The number of amides is 2. The molecule has 0 aromatic carbocycles. The summed E-state index contributed by atoms with van der Waals surface area (Å²) in [4.78, 5) is 23.1. The molecule has 0 spiro atoms. The highest BCUT2D eigenvalue weighted by Crippen LogP contribution is 2.13. The van der Waals surface area contributed by atoms with Crippen molar-refractivity contribution < 1.29 is 18.4 Å². The molecule has 0 saturated heterocycles. The highest BCUT2D eigenvalue weighted by Gasteiger charge is 2.10. The van der Waals surface area contributed by atoms with Gasteiger partial charge in [-0.05, 0) is 40.2 Å².